The summed E-state index contributed by atoms with van der Waals surface area (Å²) in [6, 6.07) is 8.25. The summed E-state index contributed by atoms with van der Waals surface area (Å²) in [5.41, 5.74) is 3.55. The van der Waals surface area contributed by atoms with Crippen LogP contribution in [-0.2, 0) is 0 Å². The topological polar surface area (TPSA) is 93.5 Å². The predicted octanol–water partition coefficient (Wildman–Crippen LogP) is 2.33. The Bertz CT molecular complexity index is 678. The van der Waals surface area contributed by atoms with Crippen LogP contribution in [-0.4, -0.2) is 33.7 Å². The van der Waals surface area contributed by atoms with Crippen molar-refractivity contribution >= 4 is 16.9 Å². The number of allylic oxidation sites excluding steroid dienone is 1. The van der Waals surface area contributed by atoms with E-state index in [4.69, 9.17) is 5.26 Å². The van der Waals surface area contributed by atoms with E-state index in [2.05, 4.69) is 56.8 Å². The lowest BCUT2D eigenvalue weighted by atomic mass is 10.1. The Kier molecular flexibility index (Phi) is 5.09. The highest BCUT2D eigenvalue weighted by molar-refractivity contribution is 5.74. The third kappa shape index (κ3) is 3.41. The molecular weight excluding hydrogens is 278 g/mol. The third-order valence-electron chi connectivity index (χ3n) is 3.42. The van der Waals surface area contributed by atoms with Crippen LogP contribution < -0.4 is 10.2 Å². The van der Waals surface area contributed by atoms with Crippen molar-refractivity contribution < 1.29 is 0 Å². The molecule has 0 amide bonds. The van der Waals surface area contributed by atoms with Crippen LogP contribution in [0.2, 0.25) is 0 Å². The van der Waals surface area contributed by atoms with Crippen LogP contribution in [0.25, 0.3) is 5.57 Å². The number of nitrogens with one attached hydrogen (secondary N) is 2. The molecule has 0 radical (unpaired) electrons. The summed E-state index contributed by atoms with van der Waals surface area (Å²) in [6.07, 6.45) is 1.59. The van der Waals surface area contributed by atoms with Crippen molar-refractivity contribution in [3.63, 3.8) is 0 Å². The molecule has 0 bridgehead atoms. The first-order chi connectivity index (χ1) is 10.7. The Balaban J connectivity index is 2.19. The van der Waals surface area contributed by atoms with Crippen molar-refractivity contribution in [2.24, 2.45) is 0 Å². The number of tetrazole rings is 1. The Morgan fingerprint density at radius 2 is 2.18 bits per heavy atom. The second kappa shape index (κ2) is 7.22. The molecule has 1 aromatic carbocycles. The summed E-state index contributed by atoms with van der Waals surface area (Å²) in [4.78, 5) is 2.28. The normalized spacial score (nSPS) is 11.1. The highest BCUT2D eigenvalue weighted by Gasteiger charge is 2.07. The first-order valence-corrected chi connectivity index (χ1v) is 7.15. The van der Waals surface area contributed by atoms with E-state index in [0.29, 0.717) is 5.57 Å². The average Bonchev–Trinajstić information content (AvgIpc) is 3.05. The van der Waals surface area contributed by atoms with Crippen molar-refractivity contribution in [2.75, 3.05) is 23.3 Å². The van der Waals surface area contributed by atoms with E-state index in [9.17, 15) is 0 Å². The molecule has 2 N–H and O–H groups in total. The van der Waals surface area contributed by atoms with Gasteiger partial charge < -0.3 is 10.2 Å². The van der Waals surface area contributed by atoms with Crippen LogP contribution in [0, 0.1) is 18.3 Å². The minimum atomic E-state index is 0.271. The van der Waals surface area contributed by atoms with Gasteiger partial charge in [-0.15, -0.1) is 10.2 Å². The number of aryl methyl sites for hydroxylation is 1. The van der Waals surface area contributed by atoms with E-state index < -0.39 is 0 Å². The van der Waals surface area contributed by atoms with Gasteiger partial charge in [0, 0.05) is 30.7 Å². The fourth-order valence-electron chi connectivity index (χ4n) is 2.17. The Hall–Kier alpha value is -2.88. The molecule has 0 aliphatic rings. The van der Waals surface area contributed by atoms with Gasteiger partial charge in [0.05, 0.1) is 0 Å². The largest absolute Gasteiger partial charge is 0.372 e. The van der Waals surface area contributed by atoms with Gasteiger partial charge >= 0.3 is 0 Å². The molecule has 0 atom stereocenters. The molecule has 0 aliphatic heterocycles. The van der Waals surface area contributed by atoms with Gasteiger partial charge in [-0.05, 0) is 49.7 Å². The second-order valence-electron chi connectivity index (χ2n) is 4.72. The molecule has 0 saturated heterocycles. The maximum Gasteiger partial charge on any atom is 0.216 e. The third-order valence-corrected chi connectivity index (χ3v) is 3.42. The molecule has 0 spiro atoms. The van der Waals surface area contributed by atoms with Gasteiger partial charge in [0.2, 0.25) is 5.82 Å². The molecule has 7 heteroatoms. The lowest BCUT2D eigenvalue weighted by Gasteiger charge is -2.22. The van der Waals surface area contributed by atoms with E-state index in [0.717, 1.165) is 24.3 Å². The van der Waals surface area contributed by atoms with Crippen molar-refractivity contribution in [1.29, 1.82) is 5.26 Å². The zero-order chi connectivity index (χ0) is 15.9. The number of anilines is 2. The van der Waals surface area contributed by atoms with Gasteiger partial charge in [-0.25, -0.2) is 0 Å². The highest BCUT2D eigenvalue weighted by Crippen LogP contribution is 2.23. The highest BCUT2D eigenvalue weighted by atomic mass is 15.5. The number of nitrogens with zero attached hydrogens (tertiary/aromatic N) is 5. The molecule has 2 aromatic rings. The fraction of sp³-hybridized carbons (Fsp3) is 0.333. The van der Waals surface area contributed by atoms with E-state index >= 15 is 0 Å². The average molecular weight is 297 g/mol. The first-order valence-electron chi connectivity index (χ1n) is 7.15. The molecule has 2 rings (SSSR count). The molecule has 0 unspecified atom stereocenters. The van der Waals surface area contributed by atoms with Gasteiger partial charge in [-0.3, -0.25) is 0 Å². The smallest absolute Gasteiger partial charge is 0.216 e. The minimum absolute atomic E-state index is 0.271. The van der Waals surface area contributed by atoms with Gasteiger partial charge in [0.1, 0.15) is 11.6 Å². The number of hydrogen-bond donors (Lipinski definition) is 2. The van der Waals surface area contributed by atoms with Crippen molar-refractivity contribution in [3.05, 3.63) is 35.8 Å². The molecule has 1 heterocycles. The Morgan fingerprint density at radius 3 is 2.73 bits per heavy atom. The Morgan fingerprint density at radius 1 is 1.41 bits per heavy atom. The van der Waals surface area contributed by atoms with Gasteiger partial charge in [-0.2, -0.15) is 10.5 Å². The molecular formula is C15H19N7. The van der Waals surface area contributed by atoms with E-state index in [-0.39, 0.29) is 5.82 Å². The summed E-state index contributed by atoms with van der Waals surface area (Å²) in [6.45, 7) is 8.25. The molecule has 114 valence electrons. The number of H-pyrrole nitrogens is 1. The standard InChI is InChI=1S/C15H19N7/c1-4-22(5-2)13-6-7-14(11(3)8-13)17-10-12(9-16)15-18-20-21-19-15/h6-8,10,17H,4-5H2,1-3H3,(H,18,19,20,21). The van der Waals surface area contributed by atoms with Gasteiger partial charge in [0.15, 0.2) is 0 Å². The van der Waals surface area contributed by atoms with E-state index in [1.807, 2.05) is 19.1 Å². The molecule has 0 saturated carbocycles. The zero-order valence-corrected chi connectivity index (χ0v) is 13.0. The predicted molar refractivity (Wildman–Crippen MR) is 86.1 cm³/mol. The number of aromatic nitrogens is 4. The first kappa shape index (κ1) is 15.5. The number of nitriles is 1. The van der Waals surface area contributed by atoms with Crippen molar-refractivity contribution in [3.8, 4) is 6.07 Å². The molecule has 7 nitrogen and oxygen atoms in total. The van der Waals surface area contributed by atoms with Gasteiger partial charge in [-0.1, -0.05) is 0 Å². The van der Waals surface area contributed by atoms with Crippen LogP contribution in [0.1, 0.15) is 25.2 Å². The van der Waals surface area contributed by atoms with Crippen LogP contribution in [0.3, 0.4) is 0 Å². The summed E-state index contributed by atoms with van der Waals surface area (Å²) in [5.74, 6) is 0.271. The van der Waals surface area contributed by atoms with Crippen molar-refractivity contribution in [2.45, 2.75) is 20.8 Å². The quantitative estimate of drug-likeness (QED) is 0.795. The summed E-state index contributed by atoms with van der Waals surface area (Å²) in [7, 11) is 0. The fourth-order valence-corrected chi connectivity index (χ4v) is 2.17. The SMILES string of the molecule is CCN(CC)c1ccc(NC=C(C#N)c2nn[nH]n2)c(C)c1. The van der Waals surface area contributed by atoms with Crippen molar-refractivity contribution in [1.82, 2.24) is 20.6 Å². The monoisotopic (exact) mass is 297 g/mol. The summed E-state index contributed by atoms with van der Waals surface area (Å²) >= 11 is 0. The minimum Gasteiger partial charge on any atom is -0.372 e. The lowest BCUT2D eigenvalue weighted by Crippen LogP contribution is -2.21. The number of hydrogen-bond acceptors (Lipinski definition) is 6. The number of rotatable bonds is 6. The molecule has 0 fully saturated rings. The lowest BCUT2D eigenvalue weighted by molar-refractivity contribution is 0.866. The second-order valence-corrected chi connectivity index (χ2v) is 4.72. The van der Waals surface area contributed by atoms with Crippen LogP contribution in [0.4, 0.5) is 11.4 Å². The summed E-state index contributed by atoms with van der Waals surface area (Å²) < 4.78 is 0. The number of aromatic amines is 1. The zero-order valence-electron chi connectivity index (χ0n) is 13.0. The van der Waals surface area contributed by atoms with Crippen LogP contribution in [0.15, 0.2) is 24.4 Å². The Labute approximate surface area is 129 Å². The van der Waals surface area contributed by atoms with Gasteiger partial charge in [0.25, 0.3) is 0 Å². The van der Waals surface area contributed by atoms with E-state index in [1.54, 1.807) is 6.20 Å². The maximum absolute atomic E-state index is 9.14. The maximum atomic E-state index is 9.14. The molecule has 1 aromatic heterocycles. The molecule has 0 aliphatic carbocycles. The van der Waals surface area contributed by atoms with E-state index in [1.165, 1.54) is 5.69 Å². The molecule has 22 heavy (non-hydrogen) atoms. The van der Waals surface area contributed by atoms with Crippen LogP contribution in [0.5, 0.6) is 0 Å². The number of benzene rings is 1. The summed E-state index contributed by atoms with van der Waals surface area (Å²) in [5, 5.41) is 25.6. The van der Waals surface area contributed by atoms with Crippen LogP contribution >= 0.6 is 0 Å².